The van der Waals surface area contributed by atoms with Gasteiger partial charge in [0.05, 0.1) is 9.48 Å². The maximum Gasteiger partial charge on any atom is 0.277 e. The molecule has 3 heterocycles. The Bertz CT molecular complexity index is 833. The van der Waals surface area contributed by atoms with Crippen LogP contribution in [-0.2, 0) is 13.5 Å². The van der Waals surface area contributed by atoms with Gasteiger partial charge in [-0.25, -0.2) is 4.98 Å². The van der Waals surface area contributed by atoms with Crippen LogP contribution in [0.1, 0.15) is 19.0 Å². The van der Waals surface area contributed by atoms with Crippen LogP contribution in [0.15, 0.2) is 20.0 Å². The van der Waals surface area contributed by atoms with Crippen LogP contribution in [-0.4, -0.2) is 19.7 Å². The second-order valence-electron chi connectivity index (χ2n) is 4.54. The molecule has 0 aliphatic carbocycles. The Kier molecular flexibility index (Phi) is 3.47. The number of halogens is 1. The van der Waals surface area contributed by atoms with Gasteiger partial charge in [0.2, 0.25) is 0 Å². The summed E-state index contributed by atoms with van der Waals surface area (Å²) >= 11 is 5.05. The van der Waals surface area contributed by atoms with Crippen molar-refractivity contribution in [1.29, 1.82) is 0 Å². The van der Waals surface area contributed by atoms with Gasteiger partial charge in [-0.1, -0.05) is 13.3 Å². The third kappa shape index (κ3) is 2.10. The van der Waals surface area contributed by atoms with Gasteiger partial charge in [0.15, 0.2) is 5.52 Å². The lowest BCUT2D eigenvalue weighted by Crippen LogP contribution is -2.12. The molecule has 0 unspecified atom stereocenters. The zero-order valence-electron chi connectivity index (χ0n) is 11.1. The number of aromatic amines is 1. The highest BCUT2D eigenvalue weighted by molar-refractivity contribution is 9.11. The lowest BCUT2D eigenvalue weighted by Gasteiger charge is -2.00. The van der Waals surface area contributed by atoms with Crippen LogP contribution in [0, 0.1) is 0 Å². The van der Waals surface area contributed by atoms with Crippen molar-refractivity contribution in [2.24, 2.45) is 7.05 Å². The van der Waals surface area contributed by atoms with E-state index in [1.165, 1.54) is 0 Å². The molecule has 5 nitrogen and oxygen atoms in total. The summed E-state index contributed by atoms with van der Waals surface area (Å²) in [5, 5.41) is 6.37. The van der Waals surface area contributed by atoms with Crippen molar-refractivity contribution < 1.29 is 0 Å². The third-order valence-electron chi connectivity index (χ3n) is 3.12. The third-order valence-corrected chi connectivity index (χ3v) is 4.81. The fourth-order valence-corrected chi connectivity index (χ4v) is 3.50. The molecule has 0 aliphatic rings. The molecule has 0 saturated heterocycles. The highest BCUT2D eigenvalue weighted by Gasteiger charge is 2.16. The molecular weight excluding hydrogens is 340 g/mol. The molecule has 3 aromatic heterocycles. The average Bonchev–Trinajstić information content (AvgIpc) is 2.95. The molecule has 20 heavy (non-hydrogen) atoms. The maximum absolute atomic E-state index is 12.3. The average molecular weight is 353 g/mol. The Morgan fingerprint density at radius 1 is 1.50 bits per heavy atom. The lowest BCUT2D eigenvalue weighted by atomic mass is 10.2. The number of aromatic nitrogens is 4. The zero-order valence-corrected chi connectivity index (χ0v) is 13.5. The zero-order chi connectivity index (χ0) is 14.3. The summed E-state index contributed by atoms with van der Waals surface area (Å²) in [6.07, 6.45) is 1.79. The Labute approximate surface area is 127 Å². The van der Waals surface area contributed by atoms with E-state index < -0.39 is 0 Å². The van der Waals surface area contributed by atoms with Crippen LogP contribution in [0.25, 0.3) is 22.4 Å². The molecule has 0 atom stereocenters. The maximum atomic E-state index is 12.3. The number of H-pyrrole nitrogens is 1. The van der Waals surface area contributed by atoms with Crippen molar-refractivity contribution >= 4 is 38.3 Å². The minimum Gasteiger partial charge on any atom is -0.305 e. The number of hydrogen-bond donors (Lipinski definition) is 1. The summed E-state index contributed by atoms with van der Waals surface area (Å²) in [5.41, 5.74) is 2.86. The first-order valence-electron chi connectivity index (χ1n) is 6.31. The summed E-state index contributed by atoms with van der Waals surface area (Å²) in [4.78, 5) is 19.7. The smallest absolute Gasteiger partial charge is 0.277 e. The molecule has 0 fully saturated rings. The molecule has 0 radical (unpaired) electrons. The van der Waals surface area contributed by atoms with Gasteiger partial charge >= 0.3 is 0 Å². The molecule has 3 rings (SSSR count). The molecule has 0 amide bonds. The molecule has 0 aliphatic heterocycles. The second kappa shape index (κ2) is 5.14. The minimum atomic E-state index is -0.152. The largest absolute Gasteiger partial charge is 0.305 e. The summed E-state index contributed by atoms with van der Waals surface area (Å²) in [6.45, 7) is 2.09. The molecule has 0 aromatic carbocycles. The van der Waals surface area contributed by atoms with Crippen LogP contribution < -0.4 is 5.56 Å². The van der Waals surface area contributed by atoms with E-state index in [2.05, 4.69) is 37.9 Å². The van der Waals surface area contributed by atoms with Crippen LogP contribution >= 0.6 is 27.3 Å². The van der Waals surface area contributed by atoms with E-state index in [9.17, 15) is 4.79 Å². The summed E-state index contributed by atoms with van der Waals surface area (Å²) < 4.78 is 2.57. The minimum absolute atomic E-state index is 0.152. The first kappa shape index (κ1) is 13.5. The quantitative estimate of drug-likeness (QED) is 0.787. The van der Waals surface area contributed by atoms with Crippen LogP contribution in [0.2, 0.25) is 0 Å². The van der Waals surface area contributed by atoms with Gasteiger partial charge in [0.1, 0.15) is 11.3 Å². The summed E-state index contributed by atoms with van der Waals surface area (Å²) in [6, 6.07) is 1.94. The van der Waals surface area contributed by atoms with Gasteiger partial charge in [-0.05, 0) is 33.8 Å². The van der Waals surface area contributed by atoms with Gasteiger partial charge < -0.3 is 4.98 Å². The number of thiophene rings is 1. The molecule has 0 bridgehead atoms. The van der Waals surface area contributed by atoms with E-state index >= 15 is 0 Å². The van der Waals surface area contributed by atoms with E-state index in [4.69, 9.17) is 0 Å². The highest BCUT2D eigenvalue weighted by Crippen LogP contribution is 2.31. The van der Waals surface area contributed by atoms with Crippen LogP contribution in [0.3, 0.4) is 0 Å². The SMILES string of the molecule is CCCc1nn(C)c2c(=O)[nH]c(-c3ccsc3Br)nc12. The van der Waals surface area contributed by atoms with Crippen molar-refractivity contribution in [2.45, 2.75) is 19.8 Å². The van der Waals surface area contributed by atoms with Gasteiger partial charge in [-0.2, -0.15) is 5.10 Å². The fraction of sp³-hybridized carbons (Fsp3) is 0.308. The van der Waals surface area contributed by atoms with Crippen molar-refractivity contribution in [2.75, 3.05) is 0 Å². The second-order valence-corrected chi connectivity index (χ2v) is 6.77. The molecular formula is C13H13BrN4OS. The van der Waals surface area contributed by atoms with Crippen molar-refractivity contribution in [1.82, 2.24) is 19.7 Å². The monoisotopic (exact) mass is 352 g/mol. The standard InChI is InChI=1S/C13H13BrN4OS/c1-3-4-8-9-10(18(2)17-8)13(19)16-12(15-9)7-5-6-20-11(7)14/h5-6H,3-4H2,1-2H3,(H,15,16,19). The predicted molar refractivity (Wildman–Crippen MR) is 84.1 cm³/mol. The lowest BCUT2D eigenvalue weighted by molar-refractivity contribution is 0.751. The van der Waals surface area contributed by atoms with Gasteiger partial charge in [0.25, 0.3) is 5.56 Å². The Morgan fingerprint density at radius 3 is 2.95 bits per heavy atom. The number of aryl methyl sites for hydroxylation is 2. The van der Waals surface area contributed by atoms with Gasteiger partial charge in [-0.15, -0.1) is 11.3 Å². The number of rotatable bonds is 3. The number of fused-ring (bicyclic) bond motifs is 1. The summed E-state index contributed by atoms with van der Waals surface area (Å²) in [7, 11) is 1.78. The summed E-state index contributed by atoms with van der Waals surface area (Å²) in [5.74, 6) is 0.584. The molecule has 0 saturated carbocycles. The number of nitrogens with one attached hydrogen (secondary N) is 1. The van der Waals surface area contributed by atoms with Crippen molar-refractivity contribution in [3.8, 4) is 11.4 Å². The normalized spacial score (nSPS) is 11.3. The molecule has 1 N–H and O–H groups in total. The Morgan fingerprint density at radius 2 is 2.30 bits per heavy atom. The Hall–Kier alpha value is -1.47. The number of nitrogens with zero attached hydrogens (tertiary/aromatic N) is 3. The highest BCUT2D eigenvalue weighted by atomic mass is 79.9. The number of hydrogen-bond acceptors (Lipinski definition) is 4. The van der Waals surface area contributed by atoms with Gasteiger partial charge in [0, 0.05) is 12.6 Å². The Balaban J connectivity index is 2.30. The van der Waals surface area contributed by atoms with E-state index in [-0.39, 0.29) is 5.56 Å². The first-order valence-corrected chi connectivity index (χ1v) is 7.98. The van der Waals surface area contributed by atoms with Crippen LogP contribution in [0.4, 0.5) is 0 Å². The van der Waals surface area contributed by atoms with E-state index in [0.717, 1.165) is 27.9 Å². The molecule has 7 heteroatoms. The fourth-order valence-electron chi connectivity index (χ4n) is 2.24. The molecule has 3 aromatic rings. The van der Waals surface area contributed by atoms with Gasteiger partial charge in [-0.3, -0.25) is 9.48 Å². The molecule has 0 spiro atoms. The topological polar surface area (TPSA) is 63.6 Å². The molecule has 104 valence electrons. The van der Waals surface area contributed by atoms with Crippen molar-refractivity contribution in [3.05, 3.63) is 31.3 Å². The van der Waals surface area contributed by atoms with E-state index in [1.807, 2.05) is 11.4 Å². The van der Waals surface area contributed by atoms with E-state index in [1.54, 1.807) is 23.1 Å². The van der Waals surface area contributed by atoms with E-state index in [0.29, 0.717) is 16.9 Å². The van der Waals surface area contributed by atoms with Crippen LogP contribution in [0.5, 0.6) is 0 Å². The first-order chi connectivity index (χ1) is 9.61. The van der Waals surface area contributed by atoms with Crippen molar-refractivity contribution in [3.63, 3.8) is 0 Å². The predicted octanol–water partition coefficient (Wildman–Crippen LogP) is 3.10.